The first-order valence-electron chi connectivity index (χ1n) is 11.1. The molecule has 4 rings (SSSR count). The Hall–Kier alpha value is -2.66. The molecular formula is C25H31N3O2. The summed E-state index contributed by atoms with van der Waals surface area (Å²) in [4.78, 5) is 18.9. The molecule has 0 radical (unpaired) electrons. The fourth-order valence-corrected chi connectivity index (χ4v) is 4.26. The number of benzene rings is 1. The van der Waals surface area contributed by atoms with E-state index >= 15 is 0 Å². The van der Waals surface area contributed by atoms with Crippen LogP contribution in [0.1, 0.15) is 48.0 Å². The smallest absolute Gasteiger partial charge is 0.251 e. The number of amides is 1. The first kappa shape index (κ1) is 20.6. The van der Waals surface area contributed by atoms with E-state index < -0.39 is 0 Å². The molecule has 0 bridgehead atoms. The molecule has 30 heavy (non-hydrogen) atoms. The van der Waals surface area contributed by atoms with E-state index in [4.69, 9.17) is 4.74 Å². The summed E-state index contributed by atoms with van der Waals surface area (Å²) in [7, 11) is 0. The van der Waals surface area contributed by atoms with Gasteiger partial charge in [-0.3, -0.25) is 9.78 Å². The Morgan fingerprint density at radius 2 is 1.80 bits per heavy atom. The topological polar surface area (TPSA) is 54.5 Å². The van der Waals surface area contributed by atoms with Crippen LogP contribution < -0.4 is 10.1 Å². The predicted octanol–water partition coefficient (Wildman–Crippen LogP) is 4.21. The third kappa shape index (κ3) is 5.92. The molecule has 1 saturated heterocycles. The van der Waals surface area contributed by atoms with Gasteiger partial charge in [0.05, 0.1) is 0 Å². The maximum absolute atomic E-state index is 12.3. The Labute approximate surface area is 179 Å². The highest BCUT2D eigenvalue weighted by molar-refractivity contribution is 5.94. The maximum Gasteiger partial charge on any atom is 0.251 e. The summed E-state index contributed by atoms with van der Waals surface area (Å²) in [6, 6.07) is 11.3. The van der Waals surface area contributed by atoms with Gasteiger partial charge in [-0.05, 0) is 80.0 Å². The number of allylic oxidation sites excluding steroid dienone is 2. The van der Waals surface area contributed by atoms with E-state index in [1.165, 1.54) is 25.8 Å². The number of nitrogens with one attached hydrogen (secondary N) is 1. The number of hydrogen-bond acceptors (Lipinski definition) is 4. The van der Waals surface area contributed by atoms with Gasteiger partial charge in [-0.15, -0.1) is 0 Å². The standard InChI is InChI=1S/C25H31N3O2/c29-25(27-18-20-10-14-26-15-11-20)22-6-8-23(9-7-22)30-24-12-16-28(17-13-24)19-21-4-2-1-3-5-21/h1-2,6-11,14-15,21,24H,3-5,12-13,16-19H2,(H,27,29)/t21-/m1/s1. The molecular weight excluding hydrogens is 374 g/mol. The number of nitrogens with zero attached hydrogens (tertiary/aromatic N) is 2. The minimum atomic E-state index is -0.0794. The summed E-state index contributed by atoms with van der Waals surface area (Å²) in [5, 5.41) is 2.94. The van der Waals surface area contributed by atoms with Crippen LogP contribution in [0.15, 0.2) is 60.9 Å². The van der Waals surface area contributed by atoms with Crippen LogP contribution in [0.25, 0.3) is 0 Å². The van der Waals surface area contributed by atoms with Gasteiger partial charge >= 0.3 is 0 Å². The molecule has 158 valence electrons. The molecule has 1 atom stereocenters. The summed E-state index contributed by atoms with van der Waals surface area (Å²) < 4.78 is 6.18. The first-order chi connectivity index (χ1) is 14.8. The lowest BCUT2D eigenvalue weighted by atomic mass is 9.93. The number of carbonyl (C=O) groups is 1. The molecule has 5 heteroatoms. The molecule has 1 aromatic carbocycles. The zero-order chi connectivity index (χ0) is 20.6. The number of rotatable bonds is 7. The zero-order valence-corrected chi connectivity index (χ0v) is 17.5. The van der Waals surface area contributed by atoms with Crippen molar-refractivity contribution in [3.05, 3.63) is 72.1 Å². The second-order valence-corrected chi connectivity index (χ2v) is 8.33. The Kier molecular flexibility index (Phi) is 7.14. The van der Waals surface area contributed by atoms with E-state index in [0.29, 0.717) is 12.1 Å². The monoisotopic (exact) mass is 405 g/mol. The molecule has 0 unspecified atom stereocenters. The Morgan fingerprint density at radius 3 is 2.50 bits per heavy atom. The molecule has 2 aromatic rings. The van der Waals surface area contributed by atoms with Crippen molar-refractivity contribution in [2.75, 3.05) is 19.6 Å². The van der Waals surface area contributed by atoms with Gasteiger partial charge in [0.25, 0.3) is 5.91 Å². The number of ether oxygens (including phenoxy) is 1. The minimum Gasteiger partial charge on any atom is -0.490 e. The normalized spacial score (nSPS) is 20.1. The lowest BCUT2D eigenvalue weighted by molar-refractivity contribution is 0.0899. The SMILES string of the molecule is O=C(NCc1ccncc1)c1ccc(OC2CCN(C[C@@H]3CC=CCC3)CC2)cc1. The highest BCUT2D eigenvalue weighted by atomic mass is 16.5. The molecule has 5 nitrogen and oxygen atoms in total. The van der Waals surface area contributed by atoms with Gasteiger partial charge in [0.1, 0.15) is 11.9 Å². The zero-order valence-electron chi connectivity index (χ0n) is 17.5. The van der Waals surface area contributed by atoms with E-state index in [-0.39, 0.29) is 12.0 Å². The number of likely N-dealkylation sites (tertiary alicyclic amines) is 1. The van der Waals surface area contributed by atoms with Crippen molar-refractivity contribution in [3.63, 3.8) is 0 Å². The summed E-state index contributed by atoms with van der Waals surface area (Å²) >= 11 is 0. The van der Waals surface area contributed by atoms with Crippen LogP contribution in [0.5, 0.6) is 5.75 Å². The fraction of sp³-hybridized carbons (Fsp3) is 0.440. The number of carbonyl (C=O) groups excluding carboxylic acids is 1. The van der Waals surface area contributed by atoms with E-state index in [0.717, 1.165) is 43.2 Å². The first-order valence-corrected chi connectivity index (χ1v) is 11.1. The molecule has 1 fully saturated rings. The van der Waals surface area contributed by atoms with Crippen molar-refractivity contribution < 1.29 is 9.53 Å². The average Bonchev–Trinajstić information content (AvgIpc) is 2.81. The molecule has 1 amide bonds. The number of piperidine rings is 1. The van der Waals surface area contributed by atoms with Crippen LogP contribution in [-0.2, 0) is 6.54 Å². The molecule has 1 N–H and O–H groups in total. The summed E-state index contributed by atoms with van der Waals surface area (Å²) in [6.45, 7) is 3.94. The Bertz CT molecular complexity index is 827. The lowest BCUT2D eigenvalue weighted by Crippen LogP contribution is -2.40. The van der Waals surface area contributed by atoms with Gasteiger partial charge in [-0.2, -0.15) is 0 Å². The van der Waals surface area contributed by atoms with Crippen LogP contribution in [0.4, 0.5) is 0 Å². The van der Waals surface area contributed by atoms with Crippen molar-refractivity contribution in [3.8, 4) is 5.75 Å². The number of pyridine rings is 1. The Balaban J connectivity index is 1.20. The molecule has 2 heterocycles. The van der Waals surface area contributed by atoms with Gasteiger partial charge in [-0.25, -0.2) is 0 Å². The lowest BCUT2D eigenvalue weighted by Gasteiger charge is -2.34. The van der Waals surface area contributed by atoms with Gasteiger partial charge in [0, 0.05) is 44.1 Å². The molecule has 1 aliphatic heterocycles. The van der Waals surface area contributed by atoms with Crippen molar-refractivity contribution >= 4 is 5.91 Å². The maximum atomic E-state index is 12.3. The summed E-state index contributed by atoms with van der Waals surface area (Å²) in [5.74, 6) is 1.59. The third-order valence-corrected chi connectivity index (χ3v) is 6.05. The molecule has 1 aromatic heterocycles. The van der Waals surface area contributed by atoms with Gasteiger partial charge < -0.3 is 15.0 Å². The highest BCUT2D eigenvalue weighted by Crippen LogP contribution is 2.23. The van der Waals surface area contributed by atoms with Crippen LogP contribution >= 0.6 is 0 Å². The van der Waals surface area contributed by atoms with E-state index in [1.807, 2.05) is 36.4 Å². The summed E-state index contributed by atoms with van der Waals surface area (Å²) in [6.07, 6.45) is 14.3. The fourth-order valence-electron chi connectivity index (χ4n) is 4.26. The van der Waals surface area contributed by atoms with Crippen LogP contribution in [0.3, 0.4) is 0 Å². The predicted molar refractivity (Wildman–Crippen MR) is 118 cm³/mol. The van der Waals surface area contributed by atoms with Gasteiger partial charge in [0.15, 0.2) is 0 Å². The quantitative estimate of drug-likeness (QED) is 0.701. The van der Waals surface area contributed by atoms with Gasteiger partial charge in [-0.1, -0.05) is 12.2 Å². The number of hydrogen-bond donors (Lipinski definition) is 1. The molecule has 2 aliphatic rings. The van der Waals surface area contributed by atoms with E-state index in [1.54, 1.807) is 12.4 Å². The van der Waals surface area contributed by atoms with E-state index in [9.17, 15) is 4.79 Å². The largest absolute Gasteiger partial charge is 0.490 e. The van der Waals surface area contributed by atoms with Gasteiger partial charge in [0.2, 0.25) is 0 Å². The average molecular weight is 406 g/mol. The second-order valence-electron chi connectivity index (χ2n) is 8.33. The third-order valence-electron chi connectivity index (χ3n) is 6.05. The molecule has 0 spiro atoms. The molecule has 0 saturated carbocycles. The van der Waals surface area contributed by atoms with Crippen LogP contribution in [-0.4, -0.2) is 41.5 Å². The van der Waals surface area contributed by atoms with Crippen LogP contribution in [0.2, 0.25) is 0 Å². The van der Waals surface area contributed by atoms with Crippen molar-refractivity contribution in [2.45, 2.75) is 44.8 Å². The second kappa shape index (κ2) is 10.4. The summed E-state index contributed by atoms with van der Waals surface area (Å²) in [5.41, 5.74) is 1.68. The van der Waals surface area contributed by atoms with Crippen LogP contribution in [0, 0.1) is 5.92 Å². The highest BCUT2D eigenvalue weighted by Gasteiger charge is 2.23. The molecule has 1 aliphatic carbocycles. The van der Waals surface area contributed by atoms with Crippen molar-refractivity contribution in [1.82, 2.24) is 15.2 Å². The van der Waals surface area contributed by atoms with E-state index in [2.05, 4.69) is 27.4 Å². The Morgan fingerprint density at radius 1 is 1.03 bits per heavy atom. The number of aromatic nitrogens is 1. The van der Waals surface area contributed by atoms with Crippen molar-refractivity contribution in [1.29, 1.82) is 0 Å². The minimum absolute atomic E-state index is 0.0794. The van der Waals surface area contributed by atoms with Crippen molar-refractivity contribution in [2.24, 2.45) is 5.92 Å².